The molecule has 0 aliphatic carbocycles. The molecule has 0 aromatic carbocycles. The first kappa shape index (κ1) is 13.3. The lowest BCUT2D eigenvalue weighted by Gasteiger charge is -2.21. The SMILES string of the molecule is CCC(Nc1ncccc1C)Nc1ncccc1C. The molecule has 19 heavy (non-hydrogen) atoms. The summed E-state index contributed by atoms with van der Waals surface area (Å²) in [7, 11) is 0. The van der Waals surface area contributed by atoms with Crippen LogP contribution in [0.15, 0.2) is 36.7 Å². The van der Waals surface area contributed by atoms with Gasteiger partial charge >= 0.3 is 0 Å². The van der Waals surface area contributed by atoms with Gasteiger partial charge < -0.3 is 10.6 Å². The Bertz CT molecular complexity index is 492. The second-order valence-electron chi connectivity index (χ2n) is 4.59. The highest BCUT2D eigenvalue weighted by Crippen LogP contribution is 2.15. The summed E-state index contributed by atoms with van der Waals surface area (Å²) in [6, 6.07) is 7.98. The summed E-state index contributed by atoms with van der Waals surface area (Å²) >= 11 is 0. The summed E-state index contributed by atoms with van der Waals surface area (Å²) in [5.74, 6) is 1.82. The minimum atomic E-state index is 0.113. The molecule has 0 fully saturated rings. The standard InChI is InChI=1S/C15H20N4/c1-4-13(18-14-11(2)7-5-9-16-14)19-15-12(3)8-6-10-17-15/h5-10,13H,4H2,1-3H3,(H,16,18)(H,17,19). The number of nitrogens with one attached hydrogen (secondary N) is 2. The van der Waals surface area contributed by atoms with Crippen molar-refractivity contribution in [2.24, 2.45) is 0 Å². The highest BCUT2D eigenvalue weighted by atomic mass is 15.2. The summed E-state index contributed by atoms with van der Waals surface area (Å²) in [4.78, 5) is 8.72. The fourth-order valence-electron chi connectivity index (χ4n) is 1.84. The molecule has 0 bridgehead atoms. The number of aromatic nitrogens is 2. The van der Waals surface area contributed by atoms with Crippen LogP contribution in [0.4, 0.5) is 11.6 Å². The number of pyridine rings is 2. The average Bonchev–Trinajstić information content (AvgIpc) is 2.42. The third kappa shape index (κ3) is 3.44. The minimum Gasteiger partial charge on any atom is -0.350 e. The first-order valence-corrected chi connectivity index (χ1v) is 6.57. The molecule has 4 nitrogen and oxygen atoms in total. The Morgan fingerprint density at radius 1 is 0.947 bits per heavy atom. The first-order valence-electron chi connectivity index (χ1n) is 6.57. The minimum absolute atomic E-state index is 0.113. The van der Waals surface area contributed by atoms with Crippen LogP contribution in [0.1, 0.15) is 24.5 Å². The van der Waals surface area contributed by atoms with Crippen molar-refractivity contribution >= 4 is 11.6 Å². The summed E-state index contributed by atoms with van der Waals surface area (Å²) in [5, 5.41) is 6.82. The van der Waals surface area contributed by atoms with Gasteiger partial charge in [0.25, 0.3) is 0 Å². The van der Waals surface area contributed by atoms with Gasteiger partial charge in [-0.25, -0.2) is 9.97 Å². The zero-order valence-electron chi connectivity index (χ0n) is 11.6. The van der Waals surface area contributed by atoms with Gasteiger partial charge in [0.1, 0.15) is 11.6 Å². The van der Waals surface area contributed by atoms with Crippen molar-refractivity contribution in [2.45, 2.75) is 33.4 Å². The van der Waals surface area contributed by atoms with Crippen molar-refractivity contribution in [2.75, 3.05) is 10.6 Å². The Kier molecular flexibility index (Phi) is 4.34. The molecule has 0 saturated heterocycles. The number of nitrogens with zero attached hydrogens (tertiary/aromatic N) is 2. The Hall–Kier alpha value is -2.10. The molecule has 0 amide bonds. The molecule has 0 saturated carbocycles. The average molecular weight is 256 g/mol. The molecule has 2 N–H and O–H groups in total. The van der Waals surface area contributed by atoms with E-state index in [1.165, 1.54) is 0 Å². The van der Waals surface area contributed by atoms with Gasteiger partial charge in [-0.15, -0.1) is 0 Å². The van der Waals surface area contributed by atoms with E-state index >= 15 is 0 Å². The van der Waals surface area contributed by atoms with Crippen LogP contribution in [0.2, 0.25) is 0 Å². The van der Waals surface area contributed by atoms with Crippen LogP contribution in [-0.2, 0) is 0 Å². The molecule has 2 aromatic heterocycles. The smallest absolute Gasteiger partial charge is 0.130 e. The predicted octanol–water partition coefficient (Wildman–Crippen LogP) is 3.35. The third-order valence-corrected chi connectivity index (χ3v) is 3.05. The lowest BCUT2D eigenvalue weighted by molar-refractivity contribution is 0.766. The summed E-state index contributed by atoms with van der Waals surface area (Å²) < 4.78 is 0. The normalized spacial score (nSPS) is 10.5. The van der Waals surface area contributed by atoms with Crippen molar-refractivity contribution in [3.05, 3.63) is 47.8 Å². The molecule has 0 radical (unpaired) electrons. The van der Waals surface area contributed by atoms with Crippen LogP contribution in [0.3, 0.4) is 0 Å². The van der Waals surface area contributed by atoms with Gasteiger partial charge in [-0.2, -0.15) is 0 Å². The molecule has 100 valence electrons. The molecule has 0 aliphatic heterocycles. The van der Waals surface area contributed by atoms with Gasteiger partial charge in [0.05, 0.1) is 6.17 Å². The number of hydrogen-bond acceptors (Lipinski definition) is 4. The number of hydrogen-bond donors (Lipinski definition) is 2. The summed E-state index contributed by atoms with van der Waals surface area (Å²) in [5.41, 5.74) is 2.28. The lowest BCUT2D eigenvalue weighted by Crippen LogP contribution is -2.29. The first-order chi connectivity index (χ1) is 9.20. The fraction of sp³-hybridized carbons (Fsp3) is 0.333. The van der Waals surface area contributed by atoms with E-state index in [0.717, 1.165) is 29.2 Å². The van der Waals surface area contributed by atoms with Crippen LogP contribution < -0.4 is 10.6 Å². The van der Waals surface area contributed by atoms with E-state index in [0.29, 0.717) is 0 Å². The highest BCUT2D eigenvalue weighted by Gasteiger charge is 2.09. The highest BCUT2D eigenvalue weighted by molar-refractivity contribution is 5.48. The van der Waals surface area contributed by atoms with Crippen molar-refractivity contribution < 1.29 is 0 Å². The molecule has 2 rings (SSSR count). The predicted molar refractivity (Wildman–Crippen MR) is 79.3 cm³/mol. The summed E-state index contributed by atoms with van der Waals surface area (Å²) in [6.07, 6.45) is 4.65. The molecule has 0 atom stereocenters. The van der Waals surface area contributed by atoms with E-state index < -0.39 is 0 Å². The summed E-state index contributed by atoms with van der Waals surface area (Å²) in [6.45, 7) is 6.23. The van der Waals surface area contributed by atoms with E-state index in [1.807, 2.05) is 38.1 Å². The molecule has 0 aliphatic rings. The van der Waals surface area contributed by atoms with Gasteiger partial charge in [0.2, 0.25) is 0 Å². The molecular weight excluding hydrogens is 236 g/mol. The Balaban J connectivity index is 2.09. The number of aryl methyl sites for hydroxylation is 2. The van der Waals surface area contributed by atoms with Crippen LogP contribution in [-0.4, -0.2) is 16.1 Å². The Labute approximate surface area is 114 Å². The molecule has 0 spiro atoms. The molecule has 2 heterocycles. The Morgan fingerprint density at radius 3 is 1.79 bits per heavy atom. The van der Waals surface area contributed by atoms with Crippen LogP contribution in [0.25, 0.3) is 0 Å². The molecule has 2 aromatic rings. The molecule has 4 heteroatoms. The van der Waals surface area contributed by atoms with Gasteiger partial charge in [0, 0.05) is 12.4 Å². The van der Waals surface area contributed by atoms with E-state index in [9.17, 15) is 0 Å². The van der Waals surface area contributed by atoms with E-state index in [2.05, 4.69) is 27.5 Å². The maximum atomic E-state index is 4.36. The van der Waals surface area contributed by atoms with E-state index in [1.54, 1.807) is 12.4 Å². The second-order valence-corrected chi connectivity index (χ2v) is 4.59. The maximum Gasteiger partial charge on any atom is 0.130 e. The largest absolute Gasteiger partial charge is 0.350 e. The van der Waals surface area contributed by atoms with Gasteiger partial charge in [-0.05, 0) is 43.5 Å². The van der Waals surface area contributed by atoms with Gasteiger partial charge in [0.15, 0.2) is 0 Å². The molecular formula is C15H20N4. The zero-order valence-corrected chi connectivity index (χ0v) is 11.6. The monoisotopic (exact) mass is 256 g/mol. The Morgan fingerprint density at radius 2 is 1.42 bits per heavy atom. The fourth-order valence-corrected chi connectivity index (χ4v) is 1.84. The van der Waals surface area contributed by atoms with E-state index in [-0.39, 0.29) is 6.17 Å². The van der Waals surface area contributed by atoms with Crippen LogP contribution in [0.5, 0.6) is 0 Å². The quantitative estimate of drug-likeness (QED) is 0.805. The third-order valence-electron chi connectivity index (χ3n) is 3.05. The van der Waals surface area contributed by atoms with Crippen LogP contribution >= 0.6 is 0 Å². The van der Waals surface area contributed by atoms with Crippen molar-refractivity contribution in [1.82, 2.24) is 9.97 Å². The van der Waals surface area contributed by atoms with Crippen molar-refractivity contribution in [3.63, 3.8) is 0 Å². The molecule has 0 unspecified atom stereocenters. The lowest BCUT2D eigenvalue weighted by atomic mass is 10.2. The van der Waals surface area contributed by atoms with E-state index in [4.69, 9.17) is 0 Å². The van der Waals surface area contributed by atoms with Crippen molar-refractivity contribution in [1.29, 1.82) is 0 Å². The maximum absolute atomic E-state index is 4.36. The number of rotatable bonds is 5. The number of anilines is 2. The van der Waals surface area contributed by atoms with Crippen molar-refractivity contribution in [3.8, 4) is 0 Å². The zero-order chi connectivity index (χ0) is 13.7. The van der Waals surface area contributed by atoms with Crippen LogP contribution in [0, 0.1) is 13.8 Å². The van der Waals surface area contributed by atoms with Gasteiger partial charge in [-0.1, -0.05) is 19.1 Å². The second kappa shape index (κ2) is 6.18. The topological polar surface area (TPSA) is 49.8 Å². The van der Waals surface area contributed by atoms with Gasteiger partial charge in [-0.3, -0.25) is 0 Å².